The van der Waals surface area contributed by atoms with Crippen molar-refractivity contribution in [2.45, 2.75) is 58.8 Å². The predicted molar refractivity (Wildman–Crippen MR) is 141 cm³/mol. The maximum atomic E-state index is 13.7. The van der Waals surface area contributed by atoms with Gasteiger partial charge in [-0.2, -0.15) is 0 Å². The molecule has 0 unspecified atom stereocenters. The van der Waals surface area contributed by atoms with Gasteiger partial charge in [-0.3, -0.25) is 14.7 Å². The highest BCUT2D eigenvalue weighted by atomic mass is 16.3. The number of fused-ring (bicyclic) bond motifs is 1. The summed E-state index contributed by atoms with van der Waals surface area (Å²) in [5.74, 6) is 1.37. The Morgan fingerprint density at radius 3 is 2.73 bits per heavy atom. The van der Waals surface area contributed by atoms with Crippen molar-refractivity contribution >= 4 is 10.9 Å². The van der Waals surface area contributed by atoms with Crippen LogP contribution in [0, 0.1) is 6.92 Å². The Bertz CT molecular complexity index is 1540. The van der Waals surface area contributed by atoms with Crippen molar-refractivity contribution in [2.24, 2.45) is 0 Å². The molecule has 0 saturated carbocycles. The minimum atomic E-state index is -0.555. The number of hydrogen-bond acceptors (Lipinski definition) is 7. The van der Waals surface area contributed by atoms with Crippen LogP contribution in [0.4, 0.5) is 0 Å². The number of pyridine rings is 2. The van der Waals surface area contributed by atoms with Gasteiger partial charge in [0.15, 0.2) is 5.82 Å². The van der Waals surface area contributed by atoms with Crippen LogP contribution < -0.4 is 5.56 Å². The third-order valence-electron chi connectivity index (χ3n) is 6.91. The Morgan fingerprint density at radius 1 is 1.14 bits per heavy atom. The van der Waals surface area contributed by atoms with Gasteiger partial charge in [-0.15, -0.1) is 5.10 Å². The number of aromatic nitrogens is 6. The summed E-state index contributed by atoms with van der Waals surface area (Å²) >= 11 is 0. The van der Waals surface area contributed by atoms with Gasteiger partial charge in [0, 0.05) is 30.0 Å². The normalized spacial score (nSPS) is 12.9. The lowest BCUT2D eigenvalue weighted by Crippen LogP contribution is -2.38. The lowest BCUT2D eigenvalue weighted by Gasteiger charge is -2.33. The molecule has 0 aliphatic rings. The Kier molecular flexibility index (Phi) is 6.71. The van der Waals surface area contributed by atoms with Crippen molar-refractivity contribution in [1.82, 2.24) is 35.1 Å². The summed E-state index contributed by atoms with van der Waals surface area (Å²) in [6, 6.07) is 15.2. The molecule has 1 atom stereocenters. The fraction of sp³-hybridized carbons (Fsp3) is 0.321. The largest absolute Gasteiger partial charge is 0.468 e. The van der Waals surface area contributed by atoms with Gasteiger partial charge in [-0.25, -0.2) is 4.68 Å². The van der Waals surface area contributed by atoms with E-state index in [0.29, 0.717) is 24.5 Å². The van der Waals surface area contributed by atoms with E-state index < -0.39 is 6.04 Å². The fourth-order valence-electron chi connectivity index (χ4n) is 4.55. The molecule has 0 spiro atoms. The van der Waals surface area contributed by atoms with E-state index in [9.17, 15) is 4.79 Å². The smallest absolute Gasteiger partial charge is 0.253 e. The Labute approximate surface area is 215 Å². The van der Waals surface area contributed by atoms with Gasteiger partial charge >= 0.3 is 0 Å². The molecule has 4 aromatic heterocycles. The zero-order valence-corrected chi connectivity index (χ0v) is 21.5. The predicted octanol–water partition coefficient (Wildman–Crippen LogP) is 4.75. The van der Waals surface area contributed by atoms with Gasteiger partial charge in [0.25, 0.3) is 5.56 Å². The zero-order chi connectivity index (χ0) is 26.0. The van der Waals surface area contributed by atoms with Gasteiger partial charge in [0.1, 0.15) is 11.8 Å². The SMILES string of the molecule is CCC(C)(C)n1nnnc1[C@@H](c1cc2ccc(C)cc2[nH]c1=O)N(Cc1cccnc1)Cc1ccco1. The van der Waals surface area contributed by atoms with Crippen molar-refractivity contribution in [3.63, 3.8) is 0 Å². The summed E-state index contributed by atoms with van der Waals surface area (Å²) in [6.07, 6.45) is 6.05. The van der Waals surface area contributed by atoms with Gasteiger partial charge in [0.05, 0.1) is 18.3 Å². The van der Waals surface area contributed by atoms with E-state index in [0.717, 1.165) is 34.2 Å². The monoisotopic (exact) mass is 497 g/mol. The molecule has 0 saturated heterocycles. The molecule has 1 N–H and O–H groups in total. The van der Waals surface area contributed by atoms with Crippen molar-refractivity contribution in [3.8, 4) is 0 Å². The average Bonchev–Trinajstić information content (AvgIpc) is 3.58. The van der Waals surface area contributed by atoms with E-state index in [1.54, 1.807) is 12.5 Å². The number of furan rings is 1. The van der Waals surface area contributed by atoms with Gasteiger partial charge < -0.3 is 9.40 Å². The first-order chi connectivity index (χ1) is 17.9. The minimum Gasteiger partial charge on any atom is -0.468 e. The maximum Gasteiger partial charge on any atom is 0.253 e. The number of H-pyrrole nitrogens is 1. The molecule has 9 nitrogen and oxygen atoms in total. The molecule has 0 aliphatic carbocycles. The molecule has 4 heterocycles. The number of aromatic amines is 1. The van der Waals surface area contributed by atoms with Crippen molar-refractivity contribution < 1.29 is 4.42 Å². The van der Waals surface area contributed by atoms with Crippen LogP contribution in [0.5, 0.6) is 0 Å². The lowest BCUT2D eigenvalue weighted by molar-refractivity contribution is 0.168. The van der Waals surface area contributed by atoms with Crippen molar-refractivity contribution in [3.05, 3.63) is 106 Å². The third-order valence-corrected chi connectivity index (χ3v) is 6.91. The first kappa shape index (κ1) is 24.6. The highest BCUT2D eigenvalue weighted by Crippen LogP contribution is 2.32. The molecular formula is C28H31N7O2. The van der Waals surface area contributed by atoms with E-state index in [-0.39, 0.29) is 11.1 Å². The highest BCUT2D eigenvalue weighted by molar-refractivity contribution is 5.79. The van der Waals surface area contributed by atoms with Crippen LogP contribution in [-0.4, -0.2) is 35.1 Å². The fourth-order valence-corrected chi connectivity index (χ4v) is 4.55. The molecule has 0 aliphatic heterocycles. The number of tetrazole rings is 1. The summed E-state index contributed by atoms with van der Waals surface area (Å²) in [4.78, 5) is 23.2. The van der Waals surface area contributed by atoms with Crippen molar-refractivity contribution in [1.29, 1.82) is 0 Å². The van der Waals surface area contributed by atoms with Crippen LogP contribution in [0.1, 0.15) is 61.5 Å². The number of nitrogens with zero attached hydrogens (tertiary/aromatic N) is 6. The quantitative estimate of drug-likeness (QED) is 0.313. The second-order valence-electron chi connectivity index (χ2n) is 10.0. The van der Waals surface area contributed by atoms with Crippen LogP contribution in [-0.2, 0) is 18.6 Å². The van der Waals surface area contributed by atoms with E-state index in [4.69, 9.17) is 4.42 Å². The minimum absolute atomic E-state index is 0.178. The molecule has 1 aromatic carbocycles. The summed E-state index contributed by atoms with van der Waals surface area (Å²) in [7, 11) is 0. The second kappa shape index (κ2) is 10.1. The van der Waals surface area contributed by atoms with E-state index in [1.807, 2.05) is 66.3 Å². The van der Waals surface area contributed by atoms with E-state index >= 15 is 0 Å². The summed E-state index contributed by atoms with van der Waals surface area (Å²) in [6.45, 7) is 9.24. The first-order valence-electron chi connectivity index (χ1n) is 12.4. The van der Waals surface area contributed by atoms with Gasteiger partial charge in [-0.05, 0) is 84.5 Å². The molecule has 0 amide bonds. The molecular weight excluding hydrogens is 466 g/mol. The first-order valence-corrected chi connectivity index (χ1v) is 12.4. The Balaban J connectivity index is 1.73. The average molecular weight is 498 g/mol. The molecule has 0 fully saturated rings. The molecule has 0 radical (unpaired) electrons. The van der Waals surface area contributed by atoms with Crippen molar-refractivity contribution in [2.75, 3.05) is 0 Å². The number of benzene rings is 1. The lowest BCUT2D eigenvalue weighted by atomic mass is 9.98. The van der Waals surface area contributed by atoms with Crippen LogP contribution in [0.3, 0.4) is 0 Å². The van der Waals surface area contributed by atoms with Crippen LogP contribution in [0.15, 0.2) is 76.4 Å². The number of rotatable bonds is 9. The van der Waals surface area contributed by atoms with Gasteiger partial charge in [-0.1, -0.05) is 25.1 Å². The van der Waals surface area contributed by atoms with E-state index in [2.05, 4.69) is 51.2 Å². The third kappa shape index (κ3) is 5.08. The number of aryl methyl sites for hydroxylation is 1. The topological polar surface area (TPSA) is 106 Å². The van der Waals surface area contributed by atoms with Crippen LogP contribution in [0.25, 0.3) is 10.9 Å². The standard InChI is InChI=1S/C28H31N7O2/c1-5-28(3,4)35-26(31-32-33-35)25(23-15-21-11-10-19(2)14-24(21)30-27(23)36)34(18-22-9-7-13-37-22)17-20-8-6-12-29-16-20/h6-16,25H,5,17-18H2,1-4H3,(H,30,36)/t25-/m1/s1. The van der Waals surface area contributed by atoms with E-state index in [1.165, 1.54) is 0 Å². The molecule has 5 rings (SSSR count). The Hall–Kier alpha value is -4.11. The van der Waals surface area contributed by atoms with Crippen LogP contribution in [0.2, 0.25) is 0 Å². The summed E-state index contributed by atoms with van der Waals surface area (Å²) in [5.41, 5.74) is 2.91. The second-order valence-corrected chi connectivity index (χ2v) is 10.0. The number of nitrogens with one attached hydrogen (secondary N) is 1. The van der Waals surface area contributed by atoms with Gasteiger partial charge in [0.2, 0.25) is 0 Å². The number of hydrogen-bond donors (Lipinski definition) is 1. The molecule has 190 valence electrons. The summed E-state index contributed by atoms with van der Waals surface area (Å²) in [5, 5.41) is 13.9. The summed E-state index contributed by atoms with van der Waals surface area (Å²) < 4.78 is 7.58. The highest BCUT2D eigenvalue weighted by Gasteiger charge is 2.35. The Morgan fingerprint density at radius 2 is 2.00 bits per heavy atom. The molecule has 0 bridgehead atoms. The maximum absolute atomic E-state index is 13.7. The molecule has 37 heavy (non-hydrogen) atoms. The van der Waals surface area contributed by atoms with Crippen LogP contribution >= 0.6 is 0 Å². The molecule has 5 aromatic rings. The zero-order valence-electron chi connectivity index (χ0n) is 21.5. The molecule has 9 heteroatoms.